The van der Waals surface area contributed by atoms with Crippen LogP contribution in [0, 0.1) is 11.8 Å². The van der Waals surface area contributed by atoms with Gasteiger partial charge in [-0.15, -0.1) is 0 Å². The molecular weight excluding hydrogens is 124 g/mol. The SMILES string of the molecule is CCC(CO)C1CCCC1. The van der Waals surface area contributed by atoms with Gasteiger partial charge >= 0.3 is 0 Å². The lowest BCUT2D eigenvalue weighted by Crippen LogP contribution is -2.14. The molecule has 60 valence electrons. The monoisotopic (exact) mass is 142 g/mol. The summed E-state index contributed by atoms with van der Waals surface area (Å²) in [5.74, 6) is 1.44. The molecular formula is C9H18O. The van der Waals surface area contributed by atoms with Crippen LogP contribution in [0.4, 0.5) is 0 Å². The molecule has 1 heteroatoms. The first-order valence-corrected chi connectivity index (χ1v) is 4.49. The molecule has 10 heavy (non-hydrogen) atoms. The second-order valence-electron chi connectivity index (χ2n) is 3.40. The molecule has 1 atom stereocenters. The molecule has 0 amide bonds. The summed E-state index contributed by atoms with van der Waals surface area (Å²) in [6.45, 7) is 2.58. The van der Waals surface area contributed by atoms with Gasteiger partial charge in [0.15, 0.2) is 0 Å². The second kappa shape index (κ2) is 3.97. The van der Waals surface area contributed by atoms with Crippen molar-refractivity contribution in [1.29, 1.82) is 0 Å². The maximum Gasteiger partial charge on any atom is 0.0461 e. The first-order valence-electron chi connectivity index (χ1n) is 4.49. The Morgan fingerprint density at radius 3 is 2.40 bits per heavy atom. The van der Waals surface area contributed by atoms with Crippen molar-refractivity contribution < 1.29 is 5.11 Å². The molecule has 1 fully saturated rings. The first-order chi connectivity index (χ1) is 4.88. The molecule has 1 nitrogen and oxygen atoms in total. The van der Waals surface area contributed by atoms with Gasteiger partial charge in [0, 0.05) is 6.61 Å². The van der Waals surface area contributed by atoms with Crippen molar-refractivity contribution in [2.45, 2.75) is 39.0 Å². The molecule has 0 spiro atoms. The Balaban J connectivity index is 2.29. The average molecular weight is 142 g/mol. The number of aliphatic hydroxyl groups excluding tert-OH is 1. The second-order valence-corrected chi connectivity index (χ2v) is 3.40. The minimum Gasteiger partial charge on any atom is -0.396 e. The zero-order chi connectivity index (χ0) is 7.40. The molecule has 1 N–H and O–H groups in total. The largest absolute Gasteiger partial charge is 0.396 e. The van der Waals surface area contributed by atoms with E-state index in [4.69, 9.17) is 5.11 Å². The highest BCUT2D eigenvalue weighted by atomic mass is 16.3. The van der Waals surface area contributed by atoms with Crippen LogP contribution in [0.15, 0.2) is 0 Å². The minimum atomic E-state index is 0.404. The maximum absolute atomic E-state index is 8.99. The summed E-state index contributed by atoms with van der Waals surface area (Å²) in [6, 6.07) is 0. The summed E-state index contributed by atoms with van der Waals surface area (Å²) in [5.41, 5.74) is 0. The predicted molar refractivity (Wildman–Crippen MR) is 42.8 cm³/mol. The molecule has 0 aliphatic heterocycles. The number of hydrogen-bond acceptors (Lipinski definition) is 1. The van der Waals surface area contributed by atoms with Crippen LogP contribution in [0.25, 0.3) is 0 Å². The summed E-state index contributed by atoms with van der Waals surface area (Å²) >= 11 is 0. The predicted octanol–water partition coefficient (Wildman–Crippen LogP) is 2.20. The Kier molecular flexibility index (Phi) is 3.20. The average Bonchev–Trinajstić information content (AvgIpc) is 2.43. The molecule has 0 aromatic carbocycles. The van der Waals surface area contributed by atoms with Crippen molar-refractivity contribution in [1.82, 2.24) is 0 Å². The van der Waals surface area contributed by atoms with E-state index in [-0.39, 0.29) is 0 Å². The maximum atomic E-state index is 8.99. The van der Waals surface area contributed by atoms with Gasteiger partial charge in [-0.1, -0.05) is 39.0 Å². The molecule has 0 saturated heterocycles. The van der Waals surface area contributed by atoms with Crippen molar-refractivity contribution in [2.24, 2.45) is 11.8 Å². The van der Waals surface area contributed by atoms with E-state index in [1.54, 1.807) is 0 Å². The highest BCUT2D eigenvalue weighted by Crippen LogP contribution is 2.32. The molecule has 0 radical (unpaired) electrons. The van der Waals surface area contributed by atoms with E-state index in [1.807, 2.05) is 0 Å². The van der Waals surface area contributed by atoms with Crippen LogP contribution in [-0.4, -0.2) is 11.7 Å². The van der Waals surface area contributed by atoms with Crippen LogP contribution in [0.2, 0.25) is 0 Å². The molecule has 1 saturated carbocycles. The van der Waals surface area contributed by atoms with Gasteiger partial charge in [0.2, 0.25) is 0 Å². The van der Waals surface area contributed by atoms with E-state index >= 15 is 0 Å². The molecule has 1 aliphatic rings. The molecule has 1 aliphatic carbocycles. The van der Waals surface area contributed by atoms with Gasteiger partial charge in [0.25, 0.3) is 0 Å². The Labute approximate surface area is 63.4 Å². The van der Waals surface area contributed by atoms with Crippen molar-refractivity contribution in [3.05, 3.63) is 0 Å². The molecule has 0 heterocycles. The molecule has 1 unspecified atom stereocenters. The van der Waals surface area contributed by atoms with E-state index < -0.39 is 0 Å². The third-order valence-corrected chi connectivity index (χ3v) is 2.83. The van der Waals surface area contributed by atoms with E-state index in [9.17, 15) is 0 Å². The fraction of sp³-hybridized carbons (Fsp3) is 1.00. The zero-order valence-corrected chi connectivity index (χ0v) is 6.84. The van der Waals surface area contributed by atoms with Crippen LogP contribution in [0.5, 0.6) is 0 Å². The normalized spacial score (nSPS) is 23.4. The van der Waals surface area contributed by atoms with Gasteiger partial charge < -0.3 is 5.11 Å². The van der Waals surface area contributed by atoms with Crippen LogP contribution in [0.3, 0.4) is 0 Å². The smallest absolute Gasteiger partial charge is 0.0461 e. The summed E-state index contributed by atoms with van der Waals surface area (Å²) in [4.78, 5) is 0. The van der Waals surface area contributed by atoms with Crippen molar-refractivity contribution in [3.8, 4) is 0 Å². The molecule has 0 aromatic heterocycles. The number of rotatable bonds is 3. The molecule has 1 rings (SSSR count). The van der Waals surface area contributed by atoms with Gasteiger partial charge in [0.05, 0.1) is 0 Å². The quantitative estimate of drug-likeness (QED) is 0.640. The molecule has 0 aromatic rings. The molecule has 0 bridgehead atoms. The zero-order valence-electron chi connectivity index (χ0n) is 6.84. The topological polar surface area (TPSA) is 20.2 Å². The first kappa shape index (κ1) is 8.06. The van der Waals surface area contributed by atoms with E-state index in [0.29, 0.717) is 12.5 Å². The van der Waals surface area contributed by atoms with Crippen molar-refractivity contribution in [2.75, 3.05) is 6.61 Å². The van der Waals surface area contributed by atoms with E-state index in [0.717, 1.165) is 12.3 Å². The highest BCUT2D eigenvalue weighted by Gasteiger charge is 2.22. The van der Waals surface area contributed by atoms with E-state index in [1.165, 1.54) is 25.7 Å². The Hall–Kier alpha value is -0.0400. The lowest BCUT2D eigenvalue weighted by atomic mass is 9.90. The van der Waals surface area contributed by atoms with Gasteiger partial charge in [-0.25, -0.2) is 0 Å². The van der Waals surface area contributed by atoms with E-state index in [2.05, 4.69) is 6.92 Å². The van der Waals surface area contributed by atoms with Crippen LogP contribution < -0.4 is 0 Å². The summed E-state index contributed by atoms with van der Waals surface area (Å²) in [5, 5.41) is 8.99. The van der Waals surface area contributed by atoms with Crippen LogP contribution in [0.1, 0.15) is 39.0 Å². The van der Waals surface area contributed by atoms with Crippen molar-refractivity contribution in [3.63, 3.8) is 0 Å². The number of aliphatic hydroxyl groups is 1. The van der Waals surface area contributed by atoms with Gasteiger partial charge in [-0.3, -0.25) is 0 Å². The lowest BCUT2D eigenvalue weighted by Gasteiger charge is -2.18. The van der Waals surface area contributed by atoms with Gasteiger partial charge in [0.1, 0.15) is 0 Å². The lowest BCUT2D eigenvalue weighted by molar-refractivity contribution is 0.172. The third-order valence-electron chi connectivity index (χ3n) is 2.83. The van der Waals surface area contributed by atoms with Crippen LogP contribution in [-0.2, 0) is 0 Å². The third kappa shape index (κ3) is 1.72. The van der Waals surface area contributed by atoms with Gasteiger partial charge in [-0.05, 0) is 11.8 Å². The standard InChI is InChI=1S/C9H18O/c1-2-8(7-10)9-5-3-4-6-9/h8-10H,2-7H2,1H3. The fourth-order valence-electron chi connectivity index (χ4n) is 2.04. The highest BCUT2D eigenvalue weighted by molar-refractivity contribution is 4.73. The minimum absolute atomic E-state index is 0.404. The summed E-state index contributed by atoms with van der Waals surface area (Å²) < 4.78 is 0. The van der Waals surface area contributed by atoms with Crippen molar-refractivity contribution >= 4 is 0 Å². The Bertz CT molecular complexity index is 80.7. The summed E-state index contributed by atoms with van der Waals surface area (Å²) in [7, 11) is 0. The Morgan fingerprint density at radius 2 is 2.00 bits per heavy atom. The fourth-order valence-corrected chi connectivity index (χ4v) is 2.04. The van der Waals surface area contributed by atoms with Gasteiger partial charge in [-0.2, -0.15) is 0 Å². The Morgan fingerprint density at radius 1 is 1.40 bits per heavy atom. The summed E-state index contributed by atoms with van der Waals surface area (Å²) in [6.07, 6.45) is 6.65. The van der Waals surface area contributed by atoms with Crippen LogP contribution >= 0.6 is 0 Å². The number of hydrogen-bond donors (Lipinski definition) is 1.